The smallest absolute Gasteiger partial charge is 0.264 e. The van der Waals surface area contributed by atoms with Crippen molar-refractivity contribution in [2.45, 2.75) is 22.6 Å². The summed E-state index contributed by atoms with van der Waals surface area (Å²) in [6.45, 7) is 0.278. The van der Waals surface area contributed by atoms with Gasteiger partial charge in [-0.3, -0.25) is 9.03 Å². The van der Waals surface area contributed by atoms with E-state index in [4.69, 9.17) is 11.6 Å². The molecule has 0 unspecified atom stereocenters. The molecule has 162 valence electrons. The van der Waals surface area contributed by atoms with E-state index < -0.39 is 25.9 Å². The molecule has 10 heteroatoms. The van der Waals surface area contributed by atoms with E-state index in [1.165, 1.54) is 34.6 Å². The van der Waals surface area contributed by atoms with Crippen molar-refractivity contribution in [1.82, 2.24) is 0 Å². The number of anilines is 2. The Morgan fingerprint density at radius 1 is 0.903 bits per heavy atom. The minimum Gasteiger partial charge on any atom is -0.280 e. The number of aryl methyl sites for hydroxylation is 1. The minimum absolute atomic E-state index is 0.00696. The first-order valence-corrected chi connectivity index (χ1v) is 12.7. The molecule has 1 aliphatic heterocycles. The van der Waals surface area contributed by atoms with Crippen LogP contribution in [0.15, 0.2) is 76.5 Å². The zero-order valence-electron chi connectivity index (χ0n) is 16.1. The quantitative estimate of drug-likeness (QED) is 0.586. The molecule has 0 bridgehead atoms. The maximum atomic E-state index is 13.2. The first-order valence-electron chi connectivity index (χ1n) is 9.36. The Morgan fingerprint density at radius 2 is 1.65 bits per heavy atom. The maximum absolute atomic E-state index is 13.2. The number of benzene rings is 3. The summed E-state index contributed by atoms with van der Waals surface area (Å²) in [7, 11) is -7.73. The van der Waals surface area contributed by atoms with Gasteiger partial charge in [-0.2, -0.15) is 0 Å². The predicted octanol–water partition coefficient (Wildman–Crippen LogP) is 4.42. The monoisotopic (exact) mass is 480 g/mol. The number of hydrogen-bond acceptors (Lipinski definition) is 4. The van der Waals surface area contributed by atoms with Crippen molar-refractivity contribution in [3.05, 3.63) is 83.1 Å². The lowest BCUT2D eigenvalue weighted by Gasteiger charge is -2.31. The Hall–Kier alpha value is -2.62. The normalized spacial score (nSPS) is 14.2. The van der Waals surface area contributed by atoms with Crippen LogP contribution in [0.1, 0.15) is 12.0 Å². The van der Waals surface area contributed by atoms with E-state index in [0.717, 1.165) is 12.1 Å². The molecular weight excluding hydrogens is 463 g/mol. The fourth-order valence-corrected chi connectivity index (χ4v) is 6.35. The third-order valence-corrected chi connectivity index (χ3v) is 8.36. The Bertz CT molecular complexity index is 1340. The molecule has 6 nitrogen and oxygen atoms in total. The van der Waals surface area contributed by atoms with E-state index in [0.29, 0.717) is 34.8 Å². The topological polar surface area (TPSA) is 83.6 Å². The number of halogens is 2. The molecule has 4 rings (SSSR count). The molecule has 0 fully saturated rings. The third kappa shape index (κ3) is 4.39. The van der Waals surface area contributed by atoms with Crippen LogP contribution >= 0.6 is 11.6 Å². The van der Waals surface area contributed by atoms with Crippen LogP contribution in [0.2, 0.25) is 5.02 Å². The summed E-state index contributed by atoms with van der Waals surface area (Å²) >= 11 is 5.89. The highest BCUT2D eigenvalue weighted by atomic mass is 35.5. The molecule has 0 saturated heterocycles. The molecule has 1 aliphatic rings. The maximum Gasteiger partial charge on any atom is 0.264 e. The second-order valence-corrected chi connectivity index (χ2v) is 11.0. The summed E-state index contributed by atoms with van der Waals surface area (Å²) in [5, 5.41) is 0.301. The standard InChI is InChI=1S/C21H18ClFN2O4S2/c22-16-4-1-5-20(14-16)30(26,27)24-18-8-11-21-15(13-18)3-2-12-25(21)31(28,29)19-9-6-17(23)7-10-19/h1,4-11,13-14,24H,2-3,12H2. The van der Waals surface area contributed by atoms with Crippen molar-refractivity contribution in [3.8, 4) is 0 Å². The second-order valence-electron chi connectivity index (χ2n) is 7.04. The van der Waals surface area contributed by atoms with Gasteiger partial charge in [0, 0.05) is 17.3 Å². The van der Waals surface area contributed by atoms with E-state index in [9.17, 15) is 21.2 Å². The second kappa shape index (κ2) is 8.14. The number of nitrogens with one attached hydrogen (secondary N) is 1. The lowest BCUT2D eigenvalue weighted by atomic mass is 10.0. The van der Waals surface area contributed by atoms with Crippen molar-refractivity contribution in [2.24, 2.45) is 0 Å². The van der Waals surface area contributed by atoms with E-state index in [1.54, 1.807) is 24.3 Å². The number of sulfonamides is 2. The van der Waals surface area contributed by atoms with E-state index in [1.807, 2.05) is 0 Å². The molecule has 0 saturated carbocycles. The van der Waals surface area contributed by atoms with Gasteiger partial charge in [0.2, 0.25) is 0 Å². The van der Waals surface area contributed by atoms with Crippen LogP contribution < -0.4 is 9.03 Å². The molecule has 0 spiro atoms. The Balaban J connectivity index is 1.65. The highest BCUT2D eigenvalue weighted by Crippen LogP contribution is 2.34. The van der Waals surface area contributed by atoms with Gasteiger partial charge < -0.3 is 0 Å². The van der Waals surface area contributed by atoms with Crippen molar-refractivity contribution >= 4 is 43.0 Å². The summed E-state index contributed by atoms with van der Waals surface area (Å²) in [5.74, 6) is -0.519. The first kappa shape index (κ1) is 21.6. The molecule has 0 atom stereocenters. The van der Waals surface area contributed by atoms with Gasteiger partial charge in [0.05, 0.1) is 15.5 Å². The molecule has 1 N–H and O–H groups in total. The molecule has 31 heavy (non-hydrogen) atoms. The van der Waals surface area contributed by atoms with Gasteiger partial charge in [0.15, 0.2) is 0 Å². The molecule has 1 heterocycles. The van der Waals surface area contributed by atoms with Gasteiger partial charge in [0.25, 0.3) is 20.0 Å². The van der Waals surface area contributed by atoms with Crippen LogP contribution in [-0.2, 0) is 26.5 Å². The number of nitrogens with zero attached hydrogens (tertiary/aromatic N) is 1. The van der Waals surface area contributed by atoms with Crippen LogP contribution in [-0.4, -0.2) is 23.4 Å². The SMILES string of the molecule is O=S(=O)(Nc1ccc2c(c1)CCCN2S(=O)(=O)c1ccc(F)cc1)c1cccc(Cl)c1. The summed E-state index contributed by atoms with van der Waals surface area (Å²) in [6, 6.07) is 15.3. The van der Waals surface area contributed by atoms with Gasteiger partial charge in [-0.1, -0.05) is 17.7 Å². The number of rotatable bonds is 5. The van der Waals surface area contributed by atoms with Crippen LogP contribution in [0.3, 0.4) is 0 Å². The summed E-state index contributed by atoms with van der Waals surface area (Å²) < 4.78 is 68.4. The predicted molar refractivity (Wildman–Crippen MR) is 118 cm³/mol. The van der Waals surface area contributed by atoms with Gasteiger partial charge in [0.1, 0.15) is 5.82 Å². The molecule has 0 aliphatic carbocycles. The molecular formula is C21H18ClFN2O4S2. The Kier molecular flexibility index (Phi) is 5.67. The van der Waals surface area contributed by atoms with Crippen LogP contribution in [0.25, 0.3) is 0 Å². The van der Waals surface area contributed by atoms with Crippen LogP contribution in [0.4, 0.5) is 15.8 Å². The van der Waals surface area contributed by atoms with E-state index >= 15 is 0 Å². The highest BCUT2D eigenvalue weighted by molar-refractivity contribution is 7.93. The van der Waals surface area contributed by atoms with Crippen molar-refractivity contribution in [3.63, 3.8) is 0 Å². The fraction of sp³-hybridized carbons (Fsp3) is 0.143. The third-order valence-electron chi connectivity index (χ3n) is 4.92. The zero-order chi connectivity index (χ0) is 22.2. The van der Waals surface area contributed by atoms with E-state index in [2.05, 4.69) is 4.72 Å². The van der Waals surface area contributed by atoms with Crippen LogP contribution in [0.5, 0.6) is 0 Å². The fourth-order valence-electron chi connectivity index (χ4n) is 3.46. The number of fused-ring (bicyclic) bond motifs is 1. The Labute approximate surface area is 185 Å². The van der Waals surface area contributed by atoms with Crippen molar-refractivity contribution < 1.29 is 21.2 Å². The van der Waals surface area contributed by atoms with Crippen LogP contribution in [0, 0.1) is 5.82 Å². The molecule has 0 aromatic heterocycles. The average molecular weight is 481 g/mol. The lowest BCUT2D eigenvalue weighted by Crippen LogP contribution is -2.35. The van der Waals surface area contributed by atoms with Crippen molar-refractivity contribution in [1.29, 1.82) is 0 Å². The summed E-state index contributed by atoms with van der Waals surface area (Å²) in [5.41, 5.74) is 1.49. The van der Waals surface area contributed by atoms with Gasteiger partial charge >= 0.3 is 0 Å². The minimum atomic E-state index is -3.87. The first-order chi connectivity index (χ1) is 14.7. The van der Waals surface area contributed by atoms with Gasteiger partial charge in [-0.05, 0) is 79.1 Å². The van der Waals surface area contributed by atoms with E-state index in [-0.39, 0.29) is 16.3 Å². The largest absolute Gasteiger partial charge is 0.280 e. The number of hydrogen-bond donors (Lipinski definition) is 1. The summed E-state index contributed by atoms with van der Waals surface area (Å²) in [4.78, 5) is 0.0192. The highest BCUT2D eigenvalue weighted by Gasteiger charge is 2.29. The Morgan fingerprint density at radius 3 is 2.35 bits per heavy atom. The average Bonchev–Trinajstić information content (AvgIpc) is 2.73. The molecule has 3 aromatic carbocycles. The summed E-state index contributed by atoms with van der Waals surface area (Å²) in [6.07, 6.45) is 1.16. The molecule has 0 radical (unpaired) electrons. The van der Waals surface area contributed by atoms with Gasteiger partial charge in [-0.15, -0.1) is 0 Å². The lowest BCUT2D eigenvalue weighted by molar-refractivity contribution is 0.585. The molecule has 0 amide bonds. The molecule has 3 aromatic rings. The van der Waals surface area contributed by atoms with Crippen molar-refractivity contribution in [2.75, 3.05) is 15.6 Å². The zero-order valence-corrected chi connectivity index (χ0v) is 18.5. The van der Waals surface area contributed by atoms with Gasteiger partial charge in [-0.25, -0.2) is 21.2 Å².